The first kappa shape index (κ1) is 52.5. The molecule has 0 radical (unpaired) electrons. The molecular formula is C44H84NO8P. The van der Waals surface area contributed by atoms with Gasteiger partial charge in [-0.2, -0.15) is 0 Å². The predicted molar refractivity (Wildman–Crippen MR) is 224 cm³/mol. The van der Waals surface area contributed by atoms with Gasteiger partial charge in [-0.1, -0.05) is 179 Å². The van der Waals surface area contributed by atoms with E-state index in [1.54, 1.807) is 0 Å². The van der Waals surface area contributed by atoms with E-state index in [0.717, 1.165) is 64.2 Å². The summed E-state index contributed by atoms with van der Waals surface area (Å²) in [5.74, 6) is -0.523. The Labute approximate surface area is 331 Å². The summed E-state index contributed by atoms with van der Waals surface area (Å²) in [6, 6.07) is 0. The molecule has 1 amide bonds. The van der Waals surface area contributed by atoms with E-state index in [0.29, 0.717) is 6.42 Å². The van der Waals surface area contributed by atoms with Crippen LogP contribution in [0, 0.1) is 0 Å². The molecule has 0 aromatic rings. The molecule has 318 valence electrons. The van der Waals surface area contributed by atoms with Crippen LogP contribution in [0.4, 0.5) is 0 Å². The van der Waals surface area contributed by atoms with E-state index in [2.05, 4.69) is 43.5 Å². The van der Waals surface area contributed by atoms with Crippen LogP contribution >= 0.6 is 7.82 Å². The van der Waals surface area contributed by atoms with Crippen LogP contribution in [0.3, 0.4) is 0 Å². The van der Waals surface area contributed by atoms with Crippen LogP contribution in [0.1, 0.15) is 213 Å². The van der Waals surface area contributed by atoms with Gasteiger partial charge in [-0.3, -0.25) is 18.6 Å². The molecule has 10 heteroatoms. The summed E-state index contributed by atoms with van der Waals surface area (Å²) in [5.41, 5.74) is 0. The molecule has 2 atom stereocenters. The summed E-state index contributed by atoms with van der Waals surface area (Å²) in [5, 5.41) is 12.7. The number of hydrogen-bond donors (Lipinski definition) is 3. The fraction of sp³-hybridized carbons (Fsp3) is 0.864. The Morgan fingerprint density at radius 1 is 0.574 bits per heavy atom. The van der Waals surface area contributed by atoms with Gasteiger partial charge in [0.1, 0.15) is 12.7 Å². The standard InChI is InChI=1S/C44H84NO8P/c1-3-5-7-9-11-13-15-17-19-21-22-24-26-28-30-32-34-36-43(47)45-38-39-52-54(49,50)53-41-42(46)40-51-44(48)37-35-33-31-29-27-25-23-20-18-16-14-12-10-8-6-4-2/h14,16,20,23,42,46H,3-13,15,17-19,21-22,24-41H2,1-2H3,(H,45,47)(H,49,50)/b16-14-,23-20-. The largest absolute Gasteiger partial charge is 0.472 e. The Morgan fingerprint density at radius 3 is 1.50 bits per heavy atom. The lowest BCUT2D eigenvalue weighted by molar-refractivity contribution is -0.147. The highest BCUT2D eigenvalue weighted by molar-refractivity contribution is 7.47. The molecule has 0 saturated heterocycles. The van der Waals surface area contributed by atoms with Crippen molar-refractivity contribution in [2.75, 3.05) is 26.4 Å². The lowest BCUT2D eigenvalue weighted by Gasteiger charge is -2.15. The minimum absolute atomic E-state index is 0.0834. The Bertz CT molecular complexity index is 944. The number of ether oxygens (including phenoxy) is 1. The van der Waals surface area contributed by atoms with Crippen LogP contribution in [-0.2, 0) is 27.9 Å². The maximum Gasteiger partial charge on any atom is 0.472 e. The van der Waals surface area contributed by atoms with Gasteiger partial charge in [0, 0.05) is 19.4 Å². The summed E-state index contributed by atoms with van der Waals surface area (Å²) >= 11 is 0. The maximum absolute atomic E-state index is 12.1. The summed E-state index contributed by atoms with van der Waals surface area (Å²) in [4.78, 5) is 33.9. The molecule has 0 aliphatic heterocycles. The predicted octanol–water partition coefficient (Wildman–Crippen LogP) is 12.4. The van der Waals surface area contributed by atoms with Crippen LogP contribution in [0.5, 0.6) is 0 Å². The Hall–Kier alpha value is -1.51. The number of phosphoric ester groups is 1. The van der Waals surface area contributed by atoms with Gasteiger partial charge in [-0.25, -0.2) is 4.57 Å². The highest BCUT2D eigenvalue weighted by atomic mass is 31.2. The Balaban J connectivity index is 3.59. The molecule has 0 aliphatic rings. The molecule has 0 saturated carbocycles. The highest BCUT2D eigenvalue weighted by Crippen LogP contribution is 2.42. The number of unbranched alkanes of at least 4 members (excludes halogenated alkanes) is 25. The monoisotopic (exact) mass is 786 g/mol. The molecule has 0 aromatic heterocycles. The third-order valence-electron chi connectivity index (χ3n) is 9.63. The van der Waals surface area contributed by atoms with E-state index in [1.165, 1.54) is 122 Å². The molecule has 3 N–H and O–H groups in total. The fourth-order valence-electron chi connectivity index (χ4n) is 6.23. The van der Waals surface area contributed by atoms with Gasteiger partial charge in [0.15, 0.2) is 0 Å². The van der Waals surface area contributed by atoms with Crippen molar-refractivity contribution < 1.29 is 37.9 Å². The van der Waals surface area contributed by atoms with Gasteiger partial charge < -0.3 is 20.1 Å². The van der Waals surface area contributed by atoms with Crippen molar-refractivity contribution in [2.45, 2.75) is 219 Å². The van der Waals surface area contributed by atoms with Crippen molar-refractivity contribution in [2.24, 2.45) is 0 Å². The van der Waals surface area contributed by atoms with Crippen LogP contribution < -0.4 is 5.32 Å². The summed E-state index contributed by atoms with van der Waals surface area (Å²) < 4.78 is 26.9. The third-order valence-corrected chi connectivity index (χ3v) is 10.6. The van der Waals surface area contributed by atoms with E-state index in [1.807, 2.05) is 0 Å². The van der Waals surface area contributed by atoms with E-state index >= 15 is 0 Å². The molecule has 2 unspecified atom stereocenters. The molecule has 54 heavy (non-hydrogen) atoms. The number of carbonyl (C=O) groups excluding carboxylic acids is 2. The van der Waals surface area contributed by atoms with Crippen molar-refractivity contribution in [1.29, 1.82) is 0 Å². The third kappa shape index (κ3) is 41.6. The van der Waals surface area contributed by atoms with Crippen LogP contribution in [0.15, 0.2) is 24.3 Å². The molecule has 0 aliphatic carbocycles. The second-order valence-electron chi connectivity index (χ2n) is 15.0. The first-order chi connectivity index (χ1) is 26.3. The number of phosphoric acid groups is 1. The number of allylic oxidation sites excluding steroid dienone is 4. The van der Waals surface area contributed by atoms with Gasteiger partial charge in [0.2, 0.25) is 5.91 Å². The van der Waals surface area contributed by atoms with Crippen LogP contribution in [0.25, 0.3) is 0 Å². The van der Waals surface area contributed by atoms with Crippen molar-refractivity contribution in [3.8, 4) is 0 Å². The van der Waals surface area contributed by atoms with E-state index in [4.69, 9.17) is 13.8 Å². The minimum Gasteiger partial charge on any atom is -0.463 e. The zero-order valence-corrected chi connectivity index (χ0v) is 35.8. The number of aliphatic hydroxyl groups excluding tert-OH is 1. The zero-order valence-electron chi connectivity index (χ0n) is 34.9. The molecule has 0 bridgehead atoms. The number of amides is 1. The van der Waals surface area contributed by atoms with Crippen molar-refractivity contribution in [3.05, 3.63) is 24.3 Å². The lowest BCUT2D eigenvalue weighted by Crippen LogP contribution is -2.27. The topological polar surface area (TPSA) is 131 Å². The smallest absolute Gasteiger partial charge is 0.463 e. The lowest BCUT2D eigenvalue weighted by atomic mass is 10.0. The molecule has 0 fully saturated rings. The summed E-state index contributed by atoms with van der Waals surface area (Å²) in [6.07, 6.45) is 43.9. The number of carbonyl (C=O) groups is 2. The quantitative estimate of drug-likeness (QED) is 0.0241. The first-order valence-electron chi connectivity index (χ1n) is 22.3. The summed E-state index contributed by atoms with van der Waals surface area (Å²) in [7, 11) is -4.42. The van der Waals surface area contributed by atoms with Crippen LogP contribution in [0.2, 0.25) is 0 Å². The maximum atomic E-state index is 12.1. The van der Waals surface area contributed by atoms with Crippen molar-refractivity contribution >= 4 is 19.7 Å². The highest BCUT2D eigenvalue weighted by Gasteiger charge is 2.23. The van der Waals surface area contributed by atoms with Gasteiger partial charge in [-0.15, -0.1) is 0 Å². The number of aliphatic hydroxyl groups is 1. The Morgan fingerprint density at radius 2 is 1.00 bits per heavy atom. The molecule has 0 heterocycles. The zero-order chi connectivity index (χ0) is 39.6. The average Bonchev–Trinajstić information content (AvgIpc) is 3.16. The molecular weight excluding hydrogens is 701 g/mol. The molecule has 0 spiro atoms. The molecule has 0 aromatic carbocycles. The van der Waals surface area contributed by atoms with Crippen molar-refractivity contribution in [3.63, 3.8) is 0 Å². The minimum atomic E-state index is -4.42. The second-order valence-corrected chi connectivity index (χ2v) is 16.5. The van der Waals surface area contributed by atoms with Gasteiger partial charge in [0.05, 0.1) is 13.2 Å². The van der Waals surface area contributed by atoms with E-state index < -0.39 is 26.5 Å². The number of rotatable bonds is 42. The number of hydrogen-bond acceptors (Lipinski definition) is 7. The van der Waals surface area contributed by atoms with E-state index in [9.17, 15) is 24.2 Å². The normalized spacial score (nSPS) is 13.5. The van der Waals surface area contributed by atoms with Crippen LogP contribution in [-0.4, -0.2) is 54.3 Å². The number of nitrogens with one attached hydrogen (secondary N) is 1. The number of esters is 1. The van der Waals surface area contributed by atoms with Gasteiger partial charge >= 0.3 is 13.8 Å². The second kappa shape index (κ2) is 41.1. The average molecular weight is 786 g/mol. The van der Waals surface area contributed by atoms with Gasteiger partial charge in [0.25, 0.3) is 0 Å². The SMILES string of the molecule is CCCCCC/C=C\C/C=C\CCCCCCCC(=O)OCC(O)COP(=O)(O)OCCNC(=O)CCCCCCCCCCCCCCCCCCC. The Kier molecular flexibility index (Phi) is 40.0. The van der Waals surface area contributed by atoms with E-state index in [-0.39, 0.29) is 32.1 Å². The summed E-state index contributed by atoms with van der Waals surface area (Å²) in [6.45, 7) is 3.55. The fourth-order valence-corrected chi connectivity index (χ4v) is 6.99. The molecule has 9 nitrogen and oxygen atoms in total. The molecule has 0 rings (SSSR count). The van der Waals surface area contributed by atoms with Gasteiger partial charge in [-0.05, 0) is 44.9 Å². The van der Waals surface area contributed by atoms with Crippen molar-refractivity contribution in [1.82, 2.24) is 5.32 Å². The first-order valence-corrected chi connectivity index (χ1v) is 23.8.